The minimum absolute atomic E-state index is 0.0570. The summed E-state index contributed by atoms with van der Waals surface area (Å²) in [4.78, 5) is 17.0. The van der Waals surface area contributed by atoms with Crippen LogP contribution in [-0.2, 0) is 10.2 Å². The summed E-state index contributed by atoms with van der Waals surface area (Å²) in [5, 5.41) is 11.6. The third-order valence-corrected chi connectivity index (χ3v) is 5.70. The zero-order valence-electron chi connectivity index (χ0n) is 15.2. The molecule has 7 heteroatoms. The van der Waals surface area contributed by atoms with E-state index in [0.717, 1.165) is 36.2 Å². The van der Waals surface area contributed by atoms with E-state index in [2.05, 4.69) is 21.5 Å². The van der Waals surface area contributed by atoms with Crippen LogP contribution in [0.25, 0.3) is 17.1 Å². The number of para-hydroxylation sites is 1. The number of nitrogens with one attached hydrogen (secondary N) is 1. The molecule has 1 N–H and O–H groups in total. The van der Waals surface area contributed by atoms with Gasteiger partial charge in [0.1, 0.15) is 5.41 Å². The number of benzene rings is 1. The summed E-state index contributed by atoms with van der Waals surface area (Å²) in [7, 11) is 1.64. The molecule has 0 spiro atoms. The van der Waals surface area contributed by atoms with Crippen molar-refractivity contribution in [3.8, 4) is 17.1 Å². The SMILES string of the molecule is CNC(=O)C1(c2nc(-c3ccccc3-n3ccc(C4CC4)n3)no2)CCC1. The van der Waals surface area contributed by atoms with Gasteiger partial charge in [-0.1, -0.05) is 23.7 Å². The van der Waals surface area contributed by atoms with Crippen LogP contribution in [0.1, 0.15) is 49.6 Å². The molecule has 2 aliphatic carbocycles. The summed E-state index contributed by atoms with van der Waals surface area (Å²) < 4.78 is 7.41. The van der Waals surface area contributed by atoms with Crippen LogP contribution in [0.3, 0.4) is 0 Å². The molecule has 1 amide bonds. The molecule has 2 aliphatic rings. The molecular formula is C20H21N5O2. The molecule has 0 radical (unpaired) electrons. The molecule has 0 saturated heterocycles. The monoisotopic (exact) mass is 363 g/mol. The van der Waals surface area contributed by atoms with E-state index in [-0.39, 0.29) is 5.91 Å². The first-order valence-corrected chi connectivity index (χ1v) is 9.43. The minimum atomic E-state index is -0.681. The van der Waals surface area contributed by atoms with Crippen LogP contribution in [-0.4, -0.2) is 32.9 Å². The van der Waals surface area contributed by atoms with Crippen molar-refractivity contribution in [2.75, 3.05) is 7.05 Å². The van der Waals surface area contributed by atoms with Gasteiger partial charge < -0.3 is 9.84 Å². The second kappa shape index (κ2) is 6.04. The van der Waals surface area contributed by atoms with Gasteiger partial charge >= 0.3 is 0 Å². The number of hydrogen-bond donors (Lipinski definition) is 1. The molecule has 5 rings (SSSR count). The van der Waals surface area contributed by atoms with Crippen molar-refractivity contribution in [1.82, 2.24) is 25.2 Å². The van der Waals surface area contributed by atoms with E-state index in [4.69, 9.17) is 9.62 Å². The van der Waals surface area contributed by atoms with Crippen molar-refractivity contribution in [2.45, 2.75) is 43.4 Å². The number of aromatic nitrogens is 4. The first-order chi connectivity index (χ1) is 13.2. The number of rotatable bonds is 5. The molecule has 2 saturated carbocycles. The average Bonchev–Trinajstić information content (AvgIpc) is 3.19. The second-order valence-corrected chi connectivity index (χ2v) is 7.41. The van der Waals surface area contributed by atoms with Gasteiger partial charge in [-0.2, -0.15) is 10.1 Å². The van der Waals surface area contributed by atoms with Gasteiger partial charge in [-0.3, -0.25) is 4.79 Å². The number of carbonyl (C=O) groups excluding carboxylic acids is 1. The van der Waals surface area contributed by atoms with E-state index in [9.17, 15) is 4.79 Å². The van der Waals surface area contributed by atoms with Crippen LogP contribution in [0.4, 0.5) is 0 Å². The van der Waals surface area contributed by atoms with Gasteiger partial charge in [-0.25, -0.2) is 4.68 Å². The Balaban J connectivity index is 1.52. The predicted molar refractivity (Wildman–Crippen MR) is 98.4 cm³/mol. The molecule has 0 bridgehead atoms. The molecule has 1 aromatic carbocycles. The van der Waals surface area contributed by atoms with Crippen LogP contribution in [0, 0.1) is 0 Å². The smallest absolute Gasteiger partial charge is 0.242 e. The van der Waals surface area contributed by atoms with Crippen molar-refractivity contribution in [2.24, 2.45) is 0 Å². The summed E-state index contributed by atoms with van der Waals surface area (Å²) in [5.41, 5.74) is 2.19. The standard InChI is InChI=1S/C20H21N5O2/c1-21-18(26)20(10-4-11-20)19-22-17(24-27-19)14-5-2-3-6-16(14)25-12-9-15(23-25)13-7-8-13/h2-3,5-6,9,12-13H,4,7-8,10-11H2,1H3,(H,21,26). The Morgan fingerprint density at radius 3 is 2.78 bits per heavy atom. The van der Waals surface area contributed by atoms with Gasteiger partial charge in [0.25, 0.3) is 0 Å². The fraction of sp³-hybridized carbons (Fsp3) is 0.400. The molecule has 2 fully saturated rings. The highest BCUT2D eigenvalue weighted by atomic mass is 16.5. The number of hydrogen-bond acceptors (Lipinski definition) is 5. The largest absolute Gasteiger partial charge is 0.358 e. The lowest BCUT2D eigenvalue weighted by atomic mass is 9.68. The van der Waals surface area contributed by atoms with Gasteiger partial charge in [-0.05, 0) is 43.9 Å². The highest BCUT2D eigenvalue weighted by molar-refractivity contribution is 5.88. The van der Waals surface area contributed by atoms with Crippen LogP contribution in [0.2, 0.25) is 0 Å². The number of amides is 1. The van der Waals surface area contributed by atoms with Crippen LogP contribution in [0.5, 0.6) is 0 Å². The predicted octanol–water partition coefficient (Wildman–Crippen LogP) is 2.97. The lowest BCUT2D eigenvalue weighted by Gasteiger charge is -2.35. The molecule has 0 aliphatic heterocycles. The maximum atomic E-state index is 12.4. The third kappa shape index (κ3) is 2.57. The minimum Gasteiger partial charge on any atom is -0.358 e. The fourth-order valence-electron chi connectivity index (χ4n) is 3.77. The lowest BCUT2D eigenvalue weighted by molar-refractivity contribution is -0.130. The molecular weight excluding hydrogens is 342 g/mol. The van der Waals surface area contributed by atoms with Crippen LogP contribution < -0.4 is 5.32 Å². The number of carbonyl (C=O) groups is 1. The Bertz CT molecular complexity index is 997. The number of nitrogens with zero attached hydrogens (tertiary/aromatic N) is 4. The Morgan fingerprint density at radius 1 is 1.26 bits per heavy atom. The molecule has 3 aromatic rings. The summed E-state index contributed by atoms with van der Waals surface area (Å²) in [6.45, 7) is 0. The second-order valence-electron chi connectivity index (χ2n) is 7.41. The van der Waals surface area contributed by atoms with Gasteiger partial charge in [0.05, 0.1) is 11.4 Å². The Labute approximate surface area is 156 Å². The van der Waals surface area contributed by atoms with E-state index in [1.165, 1.54) is 12.8 Å². The van der Waals surface area contributed by atoms with Gasteiger partial charge in [0.2, 0.25) is 17.6 Å². The van der Waals surface area contributed by atoms with Crippen molar-refractivity contribution in [3.63, 3.8) is 0 Å². The third-order valence-electron chi connectivity index (χ3n) is 5.70. The van der Waals surface area contributed by atoms with Crippen molar-refractivity contribution >= 4 is 5.91 Å². The van der Waals surface area contributed by atoms with Crippen molar-refractivity contribution in [1.29, 1.82) is 0 Å². The Kier molecular flexibility index (Phi) is 3.63. The molecule has 2 aromatic heterocycles. The lowest BCUT2D eigenvalue weighted by Crippen LogP contribution is -2.48. The van der Waals surface area contributed by atoms with Crippen molar-refractivity contribution < 1.29 is 9.32 Å². The molecule has 7 nitrogen and oxygen atoms in total. The molecule has 27 heavy (non-hydrogen) atoms. The van der Waals surface area contributed by atoms with Crippen LogP contribution in [0.15, 0.2) is 41.1 Å². The first-order valence-electron chi connectivity index (χ1n) is 9.43. The van der Waals surface area contributed by atoms with Gasteiger partial charge in [-0.15, -0.1) is 0 Å². The molecule has 0 unspecified atom stereocenters. The summed E-state index contributed by atoms with van der Waals surface area (Å²) in [6.07, 6.45) is 6.87. The quantitative estimate of drug-likeness (QED) is 0.753. The zero-order chi connectivity index (χ0) is 18.4. The van der Waals surface area contributed by atoms with Gasteiger partial charge in [0.15, 0.2) is 0 Å². The van der Waals surface area contributed by atoms with Crippen molar-refractivity contribution in [3.05, 3.63) is 48.1 Å². The molecule has 2 heterocycles. The van der Waals surface area contributed by atoms with E-state index >= 15 is 0 Å². The van der Waals surface area contributed by atoms with Crippen LogP contribution >= 0.6 is 0 Å². The zero-order valence-corrected chi connectivity index (χ0v) is 15.2. The first kappa shape index (κ1) is 16.2. The normalized spacial score (nSPS) is 18.1. The Hall–Kier alpha value is -2.96. The molecule has 138 valence electrons. The van der Waals surface area contributed by atoms with E-state index < -0.39 is 5.41 Å². The topological polar surface area (TPSA) is 85.8 Å². The maximum Gasteiger partial charge on any atom is 0.242 e. The van der Waals surface area contributed by atoms with E-state index in [1.54, 1.807) is 7.05 Å². The van der Waals surface area contributed by atoms with E-state index in [0.29, 0.717) is 17.6 Å². The number of likely N-dealkylation sites (N-methyl/N-ethyl adjacent to an activating group) is 1. The average molecular weight is 363 g/mol. The molecule has 0 atom stereocenters. The highest BCUT2D eigenvalue weighted by Gasteiger charge is 2.50. The van der Waals surface area contributed by atoms with E-state index in [1.807, 2.05) is 35.1 Å². The highest BCUT2D eigenvalue weighted by Crippen LogP contribution is 2.44. The summed E-state index contributed by atoms with van der Waals surface area (Å²) in [5.74, 6) is 1.43. The van der Waals surface area contributed by atoms with Gasteiger partial charge in [0, 0.05) is 24.7 Å². The Morgan fingerprint density at radius 2 is 2.07 bits per heavy atom. The summed E-state index contributed by atoms with van der Waals surface area (Å²) >= 11 is 0. The maximum absolute atomic E-state index is 12.4. The fourth-order valence-corrected chi connectivity index (χ4v) is 3.77. The summed E-state index contributed by atoms with van der Waals surface area (Å²) in [6, 6.07) is 9.93.